The summed E-state index contributed by atoms with van der Waals surface area (Å²) in [7, 11) is 0. The van der Waals surface area contributed by atoms with Crippen molar-refractivity contribution < 1.29 is 23.1 Å². The number of ether oxygens (including phenoxy) is 2. The van der Waals surface area contributed by atoms with Gasteiger partial charge in [0.05, 0.1) is 19.3 Å². The van der Waals surface area contributed by atoms with Crippen molar-refractivity contribution in [1.82, 2.24) is 10.2 Å². The predicted octanol–water partition coefficient (Wildman–Crippen LogP) is 4.95. The zero-order valence-corrected chi connectivity index (χ0v) is 19.3. The van der Waals surface area contributed by atoms with E-state index in [1.165, 1.54) is 12.1 Å². The third kappa shape index (κ3) is 5.70. The molecule has 35 heavy (non-hydrogen) atoms. The Morgan fingerprint density at radius 2 is 1.74 bits per heavy atom. The van der Waals surface area contributed by atoms with Gasteiger partial charge in [-0.2, -0.15) is 0 Å². The molecule has 7 heteroatoms. The number of fused-ring (bicyclic) bond motifs is 1. The summed E-state index contributed by atoms with van der Waals surface area (Å²) < 4.78 is 30.5. The van der Waals surface area contributed by atoms with Gasteiger partial charge < -0.3 is 19.2 Å². The molecule has 180 valence electrons. The Bertz CT molecular complexity index is 1280. The maximum atomic E-state index is 13.4. The summed E-state index contributed by atoms with van der Waals surface area (Å²) in [5, 5.41) is 5.21. The predicted molar refractivity (Wildman–Crippen MR) is 131 cm³/mol. The van der Waals surface area contributed by atoms with Crippen molar-refractivity contribution in [2.24, 2.45) is 0 Å². The van der Waals surface area contributed by atoms with Crippen LogP contribution in [0, 0.1) is 5.82 Å². The lowest BCUT2D eigenvalue weighted by Gasteiger charge is -2.34. The molecule has 0 saturated carbocycles. The van der Waals surface area contributed by atoms with E-state index in [4.69, 9.17) is 13.9 Å². The van der Waals surface area contributed by atoms with Crippen LogP contribution in [0.4, 0.5) is 4.39 Å². The molecule has 1 atom stereocenters. The summed E-state index contributed by atoms with van der Waals surface area (Å²) in [6, 6.07) is 23.7. The van der Waals surface area contributed by atoms with Crippen LogP contribution < -0.4 is 10.1 Å². The van der Waals surface area contributed by atoms with Gasteiger partial charge in [-0.15, -0.1) is 0 Å². The van der Waals surface area contributed by atoms with E-state index < -0.39 is 0 Å². The number of amides is 1. The molecule has 1 unspecified atom stereocenters. The summed E-state index contributed by atoms with van der Waals surface area (Å²) in [5.41, 5.74) is 0.942. The van der Waals surface area contributed by atoms with Gasteiger partial charge in [0.2, 0.25) is 0 Å². The highest BCUT2D eigenvalue weighted by molar-refractivity contribution is 5.91. The lowest BCUT2D eigenvalue weighted by molar-refractivity contribution is 0.0161. The van der Waals surface area contributed by atoms with Crippen LogP contribution in [0.15, 0.2) is 83.3 Å². The van der Waals surface area contributed by atoms with Crippen LogP contribution in [-0.2, 0) is 11.3 Å². The van der Waals surface area contributed by atoms with Gasteiger partial charge in [-0.1, -0.05) is 42.5 Å². The molecule has 4 aromatic rings. The molecule has 0 bridgehead atoms. The molecule has 1 aliphatic rings. The average molecular weight is 475 g/mol. The topological polar surface area (TPSA) is 63.9 Å². The molecule has 1 amide bonds. The van der Waals surface area contributed by atoms with Gasteiger partial charge in [-0.05, 0) is 52.7 Å². The Hall–Kier alpha value is -3.68. The fourth-order valence-electron chi connectivity index (χ4n) is 4.30. The zero-order chi connectivity index (χ0) is 24.0. The van der Waals surface area contributed by atoms with Gasteiger partial charge in [0.15, 0.2) is 5.76 Å². The summed E-state index contributed by atoms with van der Waals surface area (Å²) in [5.74, 6) is 0.933. The van der Waals surface area contributed by atoms with E-state index in [1.807, 2.05) is 36.4 Å². The molecule has 0 aliphatic carbocycles. The number of hydrogen-bond donors (Lipinski definition) is 1. The Balaban J connectivity index is 1.20. The molecule has 1 fully saturated rings. The van der Waals surface area contributed by atoms with E-state index in [1.54, 1.807) is 24.3 Å². The second-order valence-corrected chi connectivity index (χ2v) is 8.49. The monoisotopic (exact) mass is 474 g/mol. The normalized spacial score (nSPS) is 15.1. The smallest absolute Gasteiger partial charge is 0.287 e. The first-order chi connectivity index (χ1) is 17.2. The SMILES string of the molecule is O=C(NCC(c1ccc(F)cc1)N1CCOCC1)c1ccc(COc2ccc3ccccc3c2)o1. The fourth-order valence-corrected chi connectivity index (χ4v) is 4.30. The summed E-state index contributed by atoms with van der Waals surface area (Å²) in [4.78, 5) is 15.0. The minimum Gasteiger partial charge on any atom is -0.486 e. The number of benzene rings is 3. The summed E-state index contributed by atoms with van der Waals surface area (Å²) in [6.07, 6.45) is 0. The molecular formula is C28H27FN2O4. The van der Waals surface area contributed by atoms with Crippen LogP contribution >= 0.6 is 0 Å². The molecule has 1 aliphatic heterocycles. The van der Waals surface area contributed by atoms with Crippen LogP contribution in [0.3, 0.4) is 0 Å². The molecule has 0 spiro atoms. The molecule has 1 aromatic heterocycles. The first-order valence-electron chi connectivity index (χ1n) is 11.7. The molecule has 3 aromatic carbocycles. The highest BCUT2D eigenvalue weighted by atomic mass is 19.1. The van der Waals surface area contributed by atoms with Gasteiger partial charge in [-0.3, -0.25) is 9.69 Å². The van der Waals surface area contributed by atoms with E-state index in [-0.39, 0.29) is 30.1 Å². The average Bonchev–Trinajstić information content (AvgIpc) is 3.38. The number of carbonyl (C=O) groups is 1. The van der Waals surface area contributed by atoms with E-state index in [0.717, 1.165) is 35.2 Å². The number of rotatable bonds is 8. The molecule has 6 nitrogen and oxygen atoms in total. The lowest BCUT2D eigenvalue weighted by atomic mass is 10.0. The molecule has 2 heterocycles. The Labute approximate surface area is 203 Å². The quantitative estimate of drug-likeness (QED) is 0.391. The molecule has 1 saturated heterocycles. The second-order valence-electron chi connectivity index (χ2n) is 8.49. The molecule has 5 rings (SSSR count). The maximum absolute atomic E-state index is 13.4. The zero-order valence-electron chi connectivity index (χ0n) is 19.3. The second kappa shape index (κ2) is 10.7. The van der Waals surface area contributed by atoms with Crippen LogP contribution in [0.25, 0.3) is 10.8 Å². The minimum absolute atomic E-state index is 0.0888. The Morgan fingerprint density at radius 1 is 0.971 bits per heavy atom. The van der Waals surface area contributed by atoms with Crippen LogP contribution in [-0.4, -0.2) is 43.7 Å². The molecule has 1 N–H and O–H groups in total. The van der Waals surface area contributed by atoms with Crippen molar-refractivity contribution in [3.8, 4) is 5.75 Å². The number of carbonyl (C=O) groups excluding carboxylic acids is 1. The molecule has 0 radical (unpaired) electrons. The van der Waals surface area contributed by atoms with Crippen molar-refractivity contribution in [2.75, 3.05) is 32.8 Å². The summed E-state index contributed by atoms with van der Waals surface area (Å²) >= 11 is 0. The van der Waals surface area contributed by atoms with Gasteiger partial charge in [0.1, 0.15) is 23.9 Å². The fraction of sp³-hybridized carbons (Fsp3) is 0.250. The van der Waals surface area contributed by atoms with Crippen molar-refractivity contribution >= 4 is 16.7 Å². The van der Waals surface area contributed by atoms with Crippen LogP contribution in [0.1, 0.15) is 27.9 Å². The minimum atomic E-state index is -0.303. The third-order valence-electron chi connectivity index (χ3n) is 6.18. The van der Waals surface area contributed by atoms with Crippen molar-refractivity contribution in [3.63, 3.8) is 0 Å². The van der Waals surface area contributed by atoms with E-state index in [9.17, 15) is 9.18 Å². The van der Waals surface area contributed by atoms with E-state index in [2.05, 4.69) is 16.3 Å². The van der Waals surface area contributed by atoms with E-state index in [0.29, 0.717) is 25.5 Å². The van der Waals surface area contributed by atoms with E-state index >= 15 is 0 Å². The molecular weight excluding hydrogens is 447 g/mol. The van der Waals surface area contributed by atoms with Gasteiger partial charge in [0.25, 0.3) is 5.91 Å². The standard InChI is InChI=1S/C28H27FN2O4/c29-23-8-5-21(6-9-23)26(31-13-15-33-16-14-31)18-30-28(32)27-12-11-25(35-27)19-34-24-10-7-20-3-1-2-4-22(20)17-24/h1-12,17,26H,13-16,18-19H2,(H,30,32). The van der Waals surface area contributed by atoms with Gasteiger partial charge >= 0.3 is 0 Å². The van der Waals surface area contributed by atoms with Crippen LogP contribution in [0.5, 0.6) is 5.75 Å². The first kappa shape index (κ1) is 23.1. The highest BCUT2D eigenvalue weighted by Crippen LogP contribution is 2.23. The number of furan rings is 1. The number of nitrogens with one attached hydrogen (secondary N) is 1. The van der Waals surface area contributed by atoms with Crippen molar-refractivity contribution in [3.05, 3.63) is 102 Å². The highest BCUT2D eigenvalue weighted by Gasteiger charge is 2.24. The largest absolute Gasteiger partial charge is 0.486 e. The number of nitrogens with zero attached hydrogens (tertiary/aromatic N) is 1. The van der Waals surface area contributed by atoms with Gasteiger partial charge in [-0.25, -0.2) is 4.39 Å². The van der Waals surface area contributed by atoms with Crippen molar-refractivity contribution in [2.45, 2.75) is 12.6 Å². The lowest BCUT2D eigenvalue weighted by Crippen LogP contribution is -2.43. The van der Waals surface area contributed by atoms with Crippen molar-refractivity contribution in [1.29, 1.82) is 0 Å². The Morgan fingerprint density at radius 3 is 2.54 bits per heavy atom. The number of morpholine rings is 1. The van der Waals surface area contributed by atoms with Crippen LogP contribution in [0.2, 0.25) is 0 Å². The summed E-state index contributed by atoms with van der Waals surface area (Å²) in [6.45, 7) is 3.34. The number of halogens is 1. The number of hydrogen-bond acceptors (Lipinski definition) is 5. The first-order valence-corrected chi connectivity index (χ1v) is 11.7. The maximum Gasteiger partial charge on any atom is 0.287 e. The third-order valence-corrected chi connectivity index (χ3v) is 6.18. The van der Waals surface area contributed by atoms with Gasteiger partial charge in [0, 0.05) is 19.6 Å². The Kier molecular flexibility index (Phi) is 7.07.